The van der Waals surface area contributed by atoms with Gasteiger partial charge in [-0.3, -0.25) is 0 Å². The molecule has 0 spiro atoms. The lowest BCUT2D eigenvalue weighted by Gasteiger charge is -2.28. The number of para-hydroxylation sites is 2. The largest absolute Gasteiger partial charge is 0.455 e. The Bertz CT molecular complexity index is 2910. The van der Waals surface area contributed by atoms with Gasteiger partial charge in [0.1, 0.15) is 11.2 Å². The van der Waals surface area contributed by atoms with Gasteiger partial charge in [0.2, 0.25) is 0 Å². The second-order valence-electron chi connectivity index (χ2n) is 13.7. The molecule has 10 aromatic rings. The number of benzene rings is 9. The maximum Gasteiger partial charge on any atom is 0.143 e. The van der Waals surface area contributed by atoms with Gasteiger partial charge in [-0.2, -0.15) is 0 Å². The molecule has 0 aliphatic rings. The first kappa shape index (κ1) is 31.6. The standard InChI is InChI=1S/C52H35NO/c1-3-14-36(15-4-1)38-26-30-43(31-27-38)53(44-32-28-39(29-33-44)41-20-13-19-40(34-41)37-16-5-2-6-17-37)49-24-11-9-22-46(49)48-35-42-18-7-8-21-45(42)52-51(48)47-23-10-12-25-50(47)54-52/h1-35H. The molecule has 0 saturated heterocycles. The zero-order valence-corrected chi connectivity index (χ0v) is 29.6. The molecular formula is C52H35NO. The van der Waals surface area contributed by atoms with Crippen molar-refractivity contribution in [3.63, 3.8) is 0 Å². The van der Waals surface area contributed by atoms with Gasteiger partial charge >= 0.3 is 0 Å². The van der Waals surface area contributed by atoms with Crippen LogP contribution in [-0.4, -0.2) is 0 Å². The Balaban J connectivity index is 1.15. The van der Waals surface area contributed by atoms with Crippen molar-refractivity contribution >= 4 is 49.8 Å². The Labute approximate surface area is 314 Å². The molecule has 0 unspecified atom stereocenters. The lowest BCUT2D eigenvalue weighted by molar-refractivity contribution is 0.673. The second-order valence-corrected chi connectivity index (χ2v) is 13.7. The predicted molar refractivity (Wildman–Crippen MR) is 228 cm³/mol. The summed E-state index contributed by atoms with van der Waals surface area (Å²) < 4.78 is 6.63. The summed E-state index contributed by atoms with van der Waals surface area (Å²) in [5.41, 5.74) is 14.5. The first-order valence-electron chi connectivity index (χ1n) is 18.4. The van der Waals surface area contributed by atoms with Crippen molar-refractivity contribution in [2.24, 2.45) is 0 Å². The van der Waals surface area contributed by atoms with Gasteiger partial charge in [-0.15, -0.1) is 0 Å². The van der Waals surface area contributed by atoms with Crippen molar-refractivity contribution in [3.05, 3.63) is 212 Å². The molecular weight excluding hydrogens is 655 g/mol. The van der Waals surface area contributed by atoms with Gasteiger partial charge in [0.15, 0.2) is 0 Å². The van der Waals surface area contributed by atoms with Crippen LogP contribution in [0.4, 0.5) is 17.1 Å². The lowest BCUT2D eigenvalue weighted by atomic mass is 9.93. The van der Waals surface area contributed by atoms with Gasteiger partial charge in [0.05, 0.1) is 5.69 Å². The molecule has 54 heavy (non-hydrogen) atoms. The summed E-state index contributed by atoms with van der Waals surface area (Å²) in [4.78, 5) is 2.39. The van der Waals surface area contributed by atoms with E-state index in [1.54, 1.807) is 0 Å². The highest BCUT2D eigenvalue weighted by molar-refractivity contribution is 6.22. The number of fused-ring (bicyclic) bond motifs is 5. The summed E-state index contributed by atoms with van der Waals surface area (Å²) in [6.45, 7) is 0. The van der Waals surface area contributed by atoms with E-state index in [-0.39, 0.29) is 0 Å². The van der Waals surface area contributed by atoms with Crippen molar-refractivity contribution in [3.8, 4) is 44.5 Å². The SMILES string of the molecule is c1ccc(-c2ccc(N(c3ccc(-c4cccc(-c5ccccc5)c4)cc3)c3ccccc3-c3cc4ccccc4c4oc5ccccc5c34)cc2)cc1. The summed E-state index contributed by atoms with van der Waals surface area (Å²) in [5, 5.41) is 4.51. The van der Waals surface area contributed by atoms with E-state index in [0.717, 1.165) is 60.9 Å². The number of nitrogens with zero attached hydrogens (tertiary/aromatic N) is 1. The second kappa shape index (κ2) is 13.4. The van der Waals surface area contributed by atoms with Crippen LogP contribution in [0, 0.1) is 0 Å². The zero-order chi connectivity index (χ0) is 35.8. The predicted octanol–water partition coefficient (Wildman–Crippen LogP) is 14.9. The number of rotatable bonds is 7. The van der Waals surface area contributed by atoms with Gasteiger partial charge in [-0.05, 0) is 92.9 Å². The third kappa shape index (κ3) is 5.62. The van der Waals surface area contributed by atoms with E-state index >= 15 is 0 Å². The van der Waals surface area contributed by atoms with Crippen LogP contribution in [0.15, 0.2) is 217 Å². The van der Waals surface area contributed by atoms with Crippen LogP contribution in [0.5, 0.6) is 0 Å². The molecule has 2 heteroatoms. The molecule has 0 atom stereocenters. The molecule has 2 nitrogen and oxygen atoms in total. The van der Waals surface area contributed by atoms with Crippen molar-refractivity contribution in [2.75, 3.05) is 4.90 Å². The third-order valence-electron chi connectivity index (χ3n) is 10.5. The quantitative estimate of drug-likeness (QED) is 0.166. The fourth-order valence-electron chi connectivity index (χ4n) is 7.84. The third-order valence-corrected chi connectivity index (χ3v) is 10.5. The first-order chi connectivity index (χ1) is 26.8. The summed E-state index contributed by atoms with van der Waals surface area (Å²) in [6, 6.07) is 75.8. The molecule has 0 saturated carbocycles. The summed E-state index contributed by atoms with van der Waals surface area (Å²) in [6.07, 6.45) is 0. The normalized spacial score (nSPS) is 11.3. The Hall–Kier alpha value is -7.16. The van der Waals surface area contributed by atoms with E-state index in [9.17, 15) is 0 Å². The average molecular weight is 690 g/mol. The van der Waals surface area contributed by atoms with Crippen LogP contribution in [0.3, 0.4) is 0 Å². The molecule has 0 aliphatic heterocycles. The van der Waals surface area contributed by atoms with Gasteiger partial charge in [-0.1, -0.05) is 164 Å². The Morgan fingerprint density at radius 1 is 0.333 bits per heavy atom. The van der Waals surface area contributed by atoms with E-state index in [1.165, 1.54) is 33.4 Å². The molecule has 0 bridgehead atoms. The van der Waals surface area contributed by atoms with Gasteiger partial charge < -0.3 is 9.32 Å². The van der Waals surface area contributed by atoms with E-state index in [1.807, 2.05) is 6.07 Å². The maximum absolute atomic E-state index is 6.63. The van der Waals surface area contributed by atoms with Crippen molar-refractivity contribution in [2.45, 2.75) is 0 Å². The van der Waals surface area contributed by atoms with E-state index < -0.39 is 0 Å². The van der Waals surface area contributed by atoms with E-state index in [4.69, 9.17) is 4.42 Å². The highest BCUT2D eigenvalue weighted by Crippen LogP contribution is 2.47. The lowest BCUT2D eigenvalue weighted by Crippen LogP contribution is -2.11. The van der Waals surface area contributed by atoms with Crippen LogP contribution in [0.2, 0.25) is 0 Å². The topological polar surface area (TPSA) is 16.4 Å². The van der Waals surface area contributed by atoms with Gasteiger partial charge in [0, 0.05) is 33.1 Å². The average Bonchev–Trinajstić information content (AvgIpc) is 3.65. The van der Waals surface area contributed by atoms with Crippen LogP contribution >= 0.6 is 0 Å². The van der Waals surface area contributed by atoms with Crippen molar-refractivity contribution in [1.29, 1.82) is 0 Å². The van der Waals surface area contributed by atoms with Gasteiger partial charge in [-0.25, -0.2) is 0 Å². The fraction of sp³-hybridized carbons (Fsp3) is 0. The molecule has 0 radical (unpaired) electrons. The van der Waals surface area contributed by atoms with E-state index in [0.29, 0.717) is 0 Å². The van der Waals surface area contributed by atoms with Crippen molar-refractivity contribution < 1.29 is 4.42 Å². The number of hydrogen-bond acceptors (Lipinski definition) is 2. The maximum atomic E-state index is 6.63. The molecule has 0 N–H and O–H groups in total. The smallest absolute Gasteiger partial charge is 0.143 e. The Kier molecular flexibility index (Phi) is 7.85. The van der Waals surface area contributed by atoms with Crippen LogP contribution in [0.25, 0.3) is 77.2 Å². The Morgan fingerprint density at radius 3 is 1.52 bits per heavy atom. The summed E-state index contributed by atoms with van der Waals surface area (Å²) >= 11 is 0. The Morgan fingerprint density at radius 2 is 0.833 bits per heavy atom. The van der Waals surface area contributed by atoms with E-state index in [2.05, 4.69) is 211 Å². The molecule has 0 amide bonds. The summed E-state index contributed by atoms with van der Waals surface area (Å²) in [7, 11) is 0. The molecule has 1 aromatic heterocycles. The monoisotopic (exact) mass is 689 g/mol. The number of hydrogen-bond donors (Lipinski definition) is 0. The zero-order valence-electron chi connectivity index (χ0n) is 29.6. The molecule has 9 aromatic carbocycles. The highest BCUT2D eigenvalue weighted by Gasteiger charge is 2.22. The molecule has 0 aliphatic carbocycles. The molecule has 254 valence electrons. The minimum absolute atomic E-state index is 0.892. The number of furan rings is 1. The van der Waals surface area contributed by atoms with Crippen LogP contribution < -0.4 is 4.90 Å². The highest BCUT2D eigenvalue weighted by atomic mass is 16.3. The molecule has 1 heterocycles. The van der Waals surface area contributed by atoms with Crippen LogP contribution in [-0.2, 0) is 0 Å². The van der Waals surface area contributed by atoms with Crippen molar-refractivity contribution in [1.82, 2.24) is 0 Å². The first-order valence-corrected chi connectivity index (χ1v) is 18.4. The minimum Gasteiger partial charge on any atom is -0.455 e. The molecule has 0 fully saturated rings. The number of anilines is 3. The summed E-state index contributed by atoms with van der Waals surface area (Å²) in [5.74, 6) is 0. The van der Waals surface area contributed by atoms with Gasteiger partial charge in [0.25, 0.3) is 0 Å². The fourth-order valence-corrected chi connectivity index (χ4v) is 7.84. The van der Waals surface area contributed by atoms with Crippen LogP contribution in [0.1, 0.15) is 0 Å². The minimum atomic E-state index is 0.892. The molecule has 10 rings (SSSR count).